The van der Waals surface area contributed by atoms with Crippen LogP contribution in [-0.2, 0) is 14.8 Å². The van der Waals surface area contributed by atoms with Crippen molar-refractivity contribution in [3.63, 3.8) is 0 Å². The maximum absolute atomic E-state index is 11.3. The number of amides is 1. The van der Waals surface area contributed by atoms with Crippen LogP contribution in [0.2, 0.25) is 0 Å². The average molecular weight is 222 g/mol. The molecule has 0 fully saturated rings. The predicted molar refractivity (Wildman–Crippen MR) is 55.4 cm³/mol. The predicted octanol–water partition coefficient (Wildman–Crippen LogP) is -0.160. The summed E-state index contributed by atoms with van der Waals surface area (Å²) >= 11 is 0. The van der Waals surface area contributed by atoms with Crippen molar-refractivity contribution in [2.75, 3.05) is 12.3 Å². The second-order valence-corrected chi connectivity index (χ2v) is 5.30. The van der Waals surface area contributed by atoms with Gasteiger partial charge in [0.1, 0.15) is 0 Å². The summed E-state index contributed by atoms with van der Waals surface area (Å²) < 4.78 is 25.0. The maximum Gasteiger partial charge on any atom is 0.216 e. The number of sulfonamides is 1. The molecule has 0 aromatic rings. The third-order valence-corrected chi connectivity index (χ3v) is 3.04. The van der Waals surface area contributed by atoms with Crippen LogP contribution in [0.4, 0.5) is 0 Å². The first-order chi connectivity index (χ1) is 6.33. The van der Waals surface area contributed by atoms with Crippen LogP contribution in [0, 0.1) is 0 Å². The fraction of sp³-hybridized carbons (Fsp3) is 0.875. The van der Waals surface area contributed by atoms with Crippen LogP contribution in [0.25, 0.3) is 0 Å². The minimum absolute atomic E-state index is 0.0471. The molecule has 0 bridgehead atoms. The van der Waals surface area contributed by atoms with Crippen LogP contribution in [0.5, 0.6) is 0 Å². The minimum atomic E-state index is -3.18. The van der Waals surface area contributed by atoms with Gasteiger partial charge < -0.3 is 5.32 Å². The lowest BCUT2D eigenvalue weighted by Crippen LogP contribution is -2.33. The Morgan fingerprint density at radius 3 is 2.36 bits per heavy atom. The van der Waals surface area contributed by atoms with E-state index in [0.717, 1.165) is 0 Å². The SMILES string of the molecule is CC(=O)NCCCS(=O)(=O)NC(C)C. The summed E-state index contributed by atoms with van der Waals surface area (Å²) in [5.41, 5.74) is 0. The fourth-order valence-electron chi connectivity index (χ4n) is 0.945. The molecule has 0 atom stereocenters. The molecule has 0 radical (unpaired) electrons. The average Bonchev–Trinajstić information content (AvgIpc) is 1.95. The molecular weight excluding hydrogens is 204 g/mol. The Balaban J connectivity index is 3.72. The Morgan fingerprint density at radius 2 is 1.93 bits per heavy atom. The molecule has 0 saturated heterocycles. The molecule has 2 N–H and O–H groups in total. The zero-order valence-corrected chi connectivity index (χ0v) is 9.65. The van der Waals surface area contributed by atoms with E-state index < -0.39 is 10.0 Å². The summed E-state index contributed by atoms with van der Waals surface area (Å²) in [5, 5.41) is 2.54. The topological polar surface area (TPSA) is 75.3 Å². The molecule has 0 aromatic heterocycles. The van der Waals surface area contributed by atoms with Gasteiger partial charge in [-0.2, -0.15) is 0 Å². The van der Waals surface area contributed by atoms with Crippen LogP contribution in [0.15, 0.2) is 0 Å². The highest BCUT2D eigenvalue weighted by molar-refractivity contribution is 7.89. The molecule has 0 spiro atoms. The van der Waals surface area contributed by atoms with Crippen molar-refractivity contribution in [2.24, 2.45) is 0 Å². The van der Waals surface area contributed by atoms with E-state index in [9.17, 15) is 13.2 Å². The van der Waals surface area contributed by atoms with Crippen molar-refractivity contribution in [1.29, 1.82) is 0 Å². The van der Waals surface area contributed by atoms with Crippen LogP contribution in [0.3, 0.4) is 0 Å². The molecule has 84 valence electrons. The van der Waals surface area contributed by atoms with Gasteiger partial charge in [0, 0.05) is 19.5 Å². The highest BCUT2D eigenvalue weighted by atomic mass is 32.2. The Labute approximate surface area is 85.3 Å². The summed E-state index contributed by atoms with van der Waals surface area (Å²) in [6.45, 7) is 5.34. The van der Waals surface area contributed by atoms with Crippen molar-refractivity contribution in [2.45, 2.75) is 33.2 Å². The maximum atomic E-state index is 11.3. The zero-order chi connectivity index (χ0) is 11.2. The summed E-state index contributed by atoms with van der Waals surface area (Å²) in [6.07, 6.45) is 0.432. The second kappa shape index (κ2) is 5.98. The van der Waals surface area contributed by atoms with E-state index in [1.807, 2.05) is 0 Å². The van der Waals surface area contributed by atoms with Crippen LogP contribution < -0.4 is 10.0 Å². The molecule has 0 aliphatic carbocycles. The van der Waals surface area contributed by atoms with Gasteiger partial charge in [0.2, 0.25) is 15.9 Å². The van der Waals surface area contributed by atoms with Gasteiger partial charge in [0.25, 0.3) is 0 Å². The molecule has 0 unspecified atom stereocenters. The molecule has 14 heavy (non-hydrogen) atoms. The lowest BCUT2D eigenvalue weighted by molar-refractivity contribution is -0.118. The monoisotopic (exact) mass is 222 g/mol. The first kappa shape index (κ1) is 13.4. The summed E-state index contributed by atoms with van der Waals surface area (Å²) in [6, 6.07) is -0.0826. The van der Waals surface area contributed by atoms with Gasteiger partial charge in [-0.1, -0.05) is 0 Å². The largest absolute Gasteiger partial charge is 0.356 e. The highest BCUT2D eigenvalue weighted by Crippen LogP contribution is 1.91. The molecule has 0 aliphatic rings. The van der Waals surface area contributed by atoms with Gasteiger partial charge in [-0.25, -0.2) is 13.1 Å². The highest BCUT2D eigenvalue weighted by Gasteiger charge is 2.10. The summed E-state index contributed by atoms with van der Waals surface area (Å²) in [4.78, 5) is 10.5. The standard InChI is InChI=1S/C8H18N2O3S/c1-7(2)10-14(12,13)6-4-5-9-8(3)11/h7,10H,4-6H2,1-3H3,(H,9,11). The van der Waals surface area contributed by atoms with Gasteiger partial charge in [0.15, 0.2) is 0 Å². The Hall–Kier alpha value is -0.620. The van der Waals surface area contributed by atoms with Gasteiger partial charge in [-0.3, -0.25) is 4.79 Å². The number of carbonyl (C=O) groups is 1. The lowest BCUT2D eigenvalue weighted by Gasteiger charge is -2.09. The van der Waals surface area contributed by atoms with Crippen molar-refractivity contribution in [1.82, 2.24) is 10.0 Å². The molecule has 0 aromatic carbocycles. The van der Waals surface area contributed by atoms with Gasteiger partial charge >= 0.3 is 0 Å². The van der Waals surface area contributed by atoms with E-state index in [-0.39, 0.29) is 17.7 Å². The van der Waals surface area contributed by atoms with Crippen molar-refractivity contribution in [3.8, 4) is 0 Å². The second-order valence-electron chi connectivity index (χ2n) is 3.43. The van der Waals surface area contributed by atoms with E-state index >= 15 is 0 Å². The first-order valence-electron chi connectivity index (χ1n) is 4.58. The van der Waals surface area contributed by atoms with Crippen LogP contribution in [0.1, 0.15) is 27.2 Å². The summed E-state index contributed by atoms with van der Waals surface area (Å²) in [5.74, 6) is -0.0925. The molecule has 1 amide bonds. The van der Waals surface area contributed by atoms with Crippen molar-refractivity contribution in [3.05, 3.63) is 0 Å². The normalized spacial score (nSPS) is 11.7. The van der Waals surface area contributed by atoms with Crippen LogP contribution >= 0.6 is 0 Å². The number of hydrogen-bond donors (Lipinski definition) is 2. The smallest absolute Gasteiger partial charge is 0.216 e. The lowest BCUT2D eigenvalue weighted by atomic mass is 10.4. The van der Waals surface area contributed by atoms with Gasteiger partial charge in [-0.05, 0) is 20.3 Å². The molecule has 6 heteroatoms. The minimum Gasteiger partial charge on any atom is -0.356 e. The molecule has 0 aliphatic heterocycles. The number of nitrogens with one attached hydrogen (secondary N) is 2. The van der Waals surface area contributed by atoms with Gasteiger partial charge in [0.05, 0.1) is 5.75 Å². The van der Waals surface area contributed by atoms with Crippen molar-refractivity contribution >= 4 is 15.9 Å². The van der Waals surface area contributed by atoms with Crippen molar-refractivity contribution < 1.29 is 13.2 Å². The number of rotatable bonds is 6. The van der Waals surface area contributed by atoms with E-state index in [0.29, 0.717) is 13.0 Å². The molecule has 0 saturated carbocycles. The quantitative estimate of drug-likeness (QED) is 0.613. The van der Waals surface area contributed by atoms with Crippen LogP contribution in [-0.4, -0.2) is 32.7 Å². The van der Waals surface area contributed by atoms with E-state index in [1.165, 1.54) is 6.92 Å². The number of hydrogen-bond acceptors (Lipinski definition) is 3. The third-order valence-electron chi connectivity index (χ3n) is 1.38. The first-order valence-corrected chi connectivity index (χ1v) is 6.23. The third kappa shape index (κ3) is 8.00. The van der Waals surface area contributed by atoms with E-state index in [4.69, 9.17) is 0 Å². The Bertz CT molecular complexity index is 272. The van der Waals surface area contributed by atoms with Gasteiger partial charge in [-0.15, -0.1) is 0 Å². The van der Waals surface area contributed by atoms with E-state index in [2.05, 4.69) is 10.0 Å². The Kier molecular flexibility index (Phi) is 5.71. The molecule has 0 rings (SSSR count). The Morgan fingerprint density at radius 1 is 1.36 bits per heavy atom. The molecule has 0 heterocycles. The molecular formula is C8H18N2O3S. The summed E-state index contributed by atoms with van der Waals surface area (Å²) in [7, 11) is -3.18. The fourth-order valence-corrected chi connectivity index (χ4v) is 2.31. The number of carbonyl (C=O) groups excluding carboxylic acids is 1. The zero-order valence-electron chi connectivity index (χ0n) is 8.83. The molecule has 5 nitrogen and oxygen atoms in total. The van der Waals surface area contributed by atoms with E-state index in [1.54, 1.807) is 13.8 Å².